The standard InChI is InChI=1S/C13H16N4O2S/c1-9-5-12(19)17-13(14-9)20-11(15-17)7-16-4-2-3-10(6-16)8-18/h5,8,10H,2-4,6-7H2,1H3. The number of fused-ring (bicyclic) bond motifs is 1. The third-order valence-electron chi connectivity index (χ3n) is 3.51. The van der Waals surface area contributed by atoms with E-state index in [0.717, 1.165) is 37.2 Å². The molecule has 7 heteroatoms. The summed E-state index contributed by atoms with van der Waals surface area (Å²) in [7, 11) is 0. The summed E-state index contributed by atoms with van der Waals surface area (Å²) in [6.07, 6.45) is 3.05. The van der Waals surface area contributed by atoms with Crippen molar-refractivity contribution >= 4 is 22.6 Å². The third-order valence-corrected chi connectivity index (χ3v) is 4.40. The molecule has 0 aromatic carbocycles. The Kier molecular flexibility index (Phi) is 3.62. The zero-order valence-electron chi connectivity index (χ0n) is 11.3. The molecule has 6 nitrogen and oxygen atoms in total. The fraction of sp³-hybridized carbons (Fsp3) is 0.538. The number of hydrogen-bond acceptors (Lipinski definition) is 6. The number of piperidine rings is 1. The summed E-state index contributed by atoms with van der Waals surface area (Å²) in [6.45, 7) is 4.24. The van der Waals surface area contributed by atoms with Crippen molar-refractivity contribution < 1.29 is 4.79 Å². The van der Waals surface area contributed by atoms with Crippen LogP contribution in [0.25, 0.3) is 4.96 Å². The summed E-state index contributed by atoms with van der Waals surface area (Å²) in [5, 5.41) is 5.20. The molecule has 1 saturated heterocycles. The molecule has 0 amide bonds. The first kappa shape index (κ1) is 13.4. The minimum Gasteiger partial charge on any atom is -0.303 e. The van der Waals surface area contributed by atoms with Gasteiger partial charge in [-0.1, -0.05) is 11.3 Å². The Morgan fingerprint density at radius 1 is 1.55 bits per heavy atom. The zero-order valence-corrected chi connectivity index (χ0v) is 12.1. The van der Waals surface area contributed by atoms with E-state index in [-0.39, 0.29) is 11.5 Å². The molecule has 1 fully saturated rings. The van der Waals surface area contributed by atoms with Crippen LogP contribution in [0.15, 0.2) is 10.9 Å². The Morgan fingerprint density at radius 3 is 3.20 bits per heavy atom. The number of aldehydes is 1. The molecule has 3 heterocycles. The van der Waals surface area contributed by atoms with E-state index in [4.69, 9.17) is 0 Å². The number of hydrogen-bond donors (Lipinski definition) is 0. The maximum absolute atomic E-state index is 11.8. The molecule has 1 unspecified atom stereocenters. The van der Waals surface area contributed by atoms with E-state index in [2.05, 4.69) is 15.0 Å². The van der Waals surface area contributed by atoms with Crippen LogP contribution >= 0.6 is 11.3 Å². The van der Waals surface area contributed by atoms with E-state index < -0.39 is 0 Å². The Bertz CT molecular complexity index is 693. The Hall–Kier alpha value is -1.60. The lowest BCUT2D eigenvalue weighted by Crippen LogP contribution is -2.35. The van der Waals surface area contributed by atoms with Crippen molar-refractivity contribution in [2.45, 2.75) is 26.3 Å². The Balaban J connectivity index is 1.82. The van der Waals surface area contributed by atoms with Crippen LogP contribution in [0, 0.1) is 12.8 Å². The summed E-state index contributed by atoms with van der Waals surface area (Å²) in [6, 6.07) is 1.49. The van der Waals surface area contributed by atoms with Gasteiger partial charge in [0, 0.05) is 24.2 Å². The first-order chi connectivity index (χ1) is 9.65. The molecule has 2 aromatic heterocycles. The number of carbonyl (C=O) groups is 1. The van der Waals surface area contributed by atoms with E-state index in [1.165, 1.54) is 21.9 Å². The molecule has 106 valence electrons. The van der Waals surface area contributed by atoms with Gasteiger partial charge in [-0.15, -0.1) is 0 Å². The lowest BCUT2D eigenvalue weighted by Gasteiger charge is -2.28. The molecular weight excluding hydrogens is 276 g/mol. The number of rotatable bonds is 3. The normalized spacial score (nSPS) is 20.4. The number of nitrogens with zero attached hydrogens (tertiary/aromatic N) is 4. The second kappa shape index (κ2) is 5.41. The smallest absolute Gasteiger partial charge is 0.275 e. The number of aromatic nitrogens is 3. The lowest BCUT2D eigenvalue weighted by molar-refractivity contribution is -0.112. The van der Waals surface area contributed by atoms with Gasteiger partial charge in [-0.3, -0.25) is 9.69 Å². The molecule has 0 saturated carbocycles. The molecule has 1 aliphatic rings. The monoisotopic (exact) mass is 292 g/mol. The third kappa shape index (κ3) is 2.64. The van der Waals surface area contributed by atoms with Crippen molar-refractivity contribution in [2.75, 3.05) is 13.1 Å². The van der Waals surface area contributed by atoms with Gasteiger partial charge in [-0.05, 0) is 26.3 Å². The minimum atomic E-state index is -0.139. The maximum atomic E-state index is 11.8. The Labute approximate surface area is 120 Å². The molecule has 0 N–H and O–H groups in total. The summed E-state index contributed by atoms with van der Waals surface area (Å²) in [4.78, 5) is 29.9. The second-order valence-electron chi connectivity index (χ2n) is 5.20. The predicted octanol–water partition coefficient (Wildman–Crippen LogP) is 0.870. The van der Waals surface area contributed by atoms with Gasteiger partial charge in [0.05, 0.1) is 6.54 Å². The average Bonchev–Trinajstić information content (AvgIpc) is 2.81. The SMILES string of the molecule is Cc1cc(=O)n2nc(CN3CCCC(C=O)C3)sc2n1. The van der Waals surface area contributed by atoms with Crippen LogP contribution in [0.1, 0.15) is 23.5 Å². The van der Waals surface area contributed by atoms with Gasteiger partial charge < -0.3 is 4.79 Å². The van der Waals surface area contributed by atoms with Gasteiger partial charge >= 0.3 is 0 Å². The molecule has 3 rings (SSSR count). The van der Waals surface area contributed by atoms with E-state index in [1.807, 2.05) is 0 Å². The molecule has 1 atom stereocenters. The predicted molar refractivity (Wildman–Crippen MR) is 75.9 cm³/mol. The van der Waals surface area contributed by atoms with Gasteiger partial charge in [-0.2, -0.15) is 9.61 Å². The van der Waals surface area contributed by atoms with Crippen molar-refractivity contribution in [1.29, 1.82) is 0 Å². The Morgan fingerprint density at radius 2 is 2.40 bits per heavy atom. The first-order valence-electron chi connectivity index (χ1n) is 6.70. The summed E-state index contributed by atoms with van der Waals surface area (Å²) in [5.41, 5.74) is 0.573. The van der Waals surface area contributed by atoms with Gasteiger partial charge in [0.25, 0.3) is 5.56 Å². The molecule has 1 aliphatic heterocycles. The highest BCUT2D eigenvalue weighted by atomic mass is 32.1. The zero-order chi connectivity index (χ0) is 14.1. The number of carbonyl (C=O) groups excluding carboxylic acids is 1. The molecule has 2 aromatic rings. The van der Waals surface area contributed by atoms with Crippen LogP contribution in [-0.4, -0.2) is 38.9 Å². The lowest BCUT2D eigenvalue weighted by atomic mass is 10.00. The molecule has 0 radical (unpaired) electrons. The highest BCUT2D eigenvalue weighted by Gasteiger charge is 2.20. The van der Waals surface area contributed by atoms with Crippen molar-refractivity contribution in [2.24, 2.45) is 5.92 Å². The highest BCUT2D eigenvalue weighted by Crippen LogP contribution is 2.19. The number of aryl methyl sites for hydroxylation is 1. The summed E-state index contributed by atoms with van der Waals surface area (Å²) < 4.78 is 1.36. The minimum absolute atomic E-state index is 0.126. The highest BCUT2D eigenvalue weighted by molar-refractivity contribution is 7.16. The maximum Gasteiger partial charge on any atom is 0.275 e. The summed E-state index contributed by atoms with van der Waals surface area (Å²) >= 11 is 1.44. The quantitative estimate of drug-likeness (QED) is 0.785. The van der Waals surface area contributed by atoms with Crippen LogP contribution in [0.5, 0.6) is 0 Å². The van der Waals surface area contributed by atoms with Crippen LogP contribution in [-0.2, 0) is 11.3 Å². The van der Waals surface area contributed by atoms with Crippen molar-refractivity contribution in [3.05, 3.63) is 27.1 Å². The summed E-state index contributed by atoms with van der Waals surface area (Å²) in [5.74, 6) is 0.126. The van der Waals surface area contributed by atoms with E-state index >= 15 is 0 Å². The topological polar surface area (TPSA) is 67.6 Å². The molecule has 20 heavy (non-hydrogen) atoms. The number of likely N-dealkylation sites (tertiary alicyclic amines) is 1. The van der Waals surface area contributed by atoms with Crippen molar-refractivity contribution in [1.82, 2.24) is 19.5 Å². The first-order valence-corrected chi connectivity index (χ1v) is 7.51. The van der Waals surface area contributed by atoms with Gasteiger partial charge in [0.1, 0.15) is 11.3 Å². The largest absolute Gasteiger partial charge is 0.303 e. The van der Waals surface area contributed by atoms with Crippen molar-refractivity contribution in [3.63, 3.8) is 0 Å². The van der Waals surface area contributed by atoms with Crippen LogP contribution in [0.2, 0.25) is 0 Å². The molecule has 0 aliphatic carbocycles. The average molecular weight is 292 g/mol. The van der Waals surface area contributed by atoms with Crippen molar-refractivity contribution in [3.8, 4) is 0 Å². The van der Waals surface area contributed by atoms with E-state index in [0.29, 0.717) is 17.2 Å². The van der Waals surface area contributed by atoms with Crippen LogP contribution < -0.4 is 5.56 Å². The van der Waals surface area contributed by atoms with Crippen LogP contribution in [0.4, 0.5) is 0 Å². The fourth-order valence-electron chi connectivity index (χ4n) is 2.56. The van der Waals surface area contributed by atoms with Gasteiger partial charge in [0.15, 0.2) is 0 Å². The molecule has 0 bridgehead atoms. The van der Waals surface area contributed by atoms with Gasteiger partial charge in [-0.25, -0.2) is 4.98 Å². The molecular formula is C13H16N4O2S. The van der Waals surface area contributed by atoms with Gasteiger partial charge in [0.2, 0.25) is 4.96 Å². The second-order valence-corrected chi connectivity index (χ2v) is 6.24. The van der Waals surface area contributed by atoms with Crippen LogP contribution in [0.3, 0.4) is 0 Å². The fourth-order valence-corrected chi connectivity index (χ4v) is 3.55. The van der Waals surface area contributed by atoms with E-state index in [9.17, 15) is 9.59 Å². The molecule has 0 spiro atoms. The van der Waals surface area contributed by atoms with E-state index in [1.54, 1.807) is 6.92 Å².